The van der Waals surface area contributed by atoms with Gasteiger partial charge < -0.3 is 19.3 Å². The van der Waals surface area contributed by atoms with Crippen molar-refractivity contribution in [1.82, 2.24) is 4.90 Å². The second-order valence-electron chi connectivity index (χ2n) is 8.11. The summed E-state index contributed by atoms with van der Waals surface area (Å²) in [5.74, 6) is 1.25. The Bertz CT molecular complexity index is 1080. The number of carbonyl (C=O) groups is 1. The number of piperazine rings is 1. The number of amides is 1. The summed E-state index contributed by atoms with van der Waals surface area (Å²) < 4.78 is 24.9. The van der Waals surface area contributed by atoms with Gasteiger partial charge in [0, 0.05) is 43.0 Å². The van der Waals surface area contributed by atoms with Crippen molar-refractivity contribution in [2.24, 2.45) is 0 Å². The first-order valence-corrected chi connectivity index (χ1v) is 11.3. The molecule has 0 unspecified atom stereocenters. The second-order valence-corrected chi connectivity index (χ2v) is 8.11. The van der Waals surface area contributed by atoms with Gasteiger partial charge in [0.25, 0.3) is 5.91 Å². The van der Waals surface area contributed by atoms with Crippen molar-refractivity contribution in [1.29, 1.82) is 0 Å². The molecule has 3 aromatic carbocycles. The Morgan fingerprint density at radius 2 is 1.61 bits per heavy atom. The van der Waals surface area contributed by atoms with Crippen LogP contribution < -0.4 is 14.4 Å². The normalized spacial score (nSPS) is 13.7. The summed E-state index contributed by atoms with van der Waals surface area (Å²) in [5.41, 5.74) is 3.61. The highest BCUT2D eigenvalue weighted by molar-refractivity contribution is 5.94. The third-order valence-corrected chi connectivity index (χ3v) is 5.78. The second kappa shape index (κ2) is 10.4. The lowest BCUT2D eigenvalue weighted by Gasteiger charge is -2.36. The molecule has 172 valence electrons. The van der Waals surface area contributed by atoms with Gasteiger partial charge >= 0.3 is 0 Å². The van der Waals surface area contributed by atoms with Gasteiger partial charge in [0.05, 0.1) is 6.61 Å². The summed E-state index contributed by atoms with van der Waals surface area (Å²) in [6.45, 7) is 7.46. The smallest absolute Gasteiger partial charge is 0.253 e. The van der Waals surface area contributed by atoms with Gasteiger partial charge in [-0.25, -0.2) is 4.39 Å². The zero-order valence-electron chi connectivity index (χ0n) is 19.1. The van der Waals surface area contributed by atoms with E-state index in [0.29, 0.717) is 45.0 Å². The van der Waals surface area contributed by atoms with E-state index in [1.165, 1.54) is 17.7 Å². The van der Waals surface area contributed by atoms with E-state index in [4.69, 9.17) is 9.47 Å². The predicted octanol–water partition coefficient (Wildman–Crippen LogP) is 5.07. The first-order valence-electron chi connectivity index (χ1n) is 11.3. The van der Waals surface area contributed by atoms with Crippen LogP contribution in [0.15, 0.2) is 66.7 Å². The number of hydrogen-bond donors (Lipinski definition) is 0. The van der Waals surface area contributed by atoms with Crippen molar-refractivity contribution in [3.63, 3.8) is 0 Å². The quantitative estimate of drug-likeness (QED) is 0.506. The van der Waals surface area contributed by atoms with Crippen LogP contribution in [0.1, 0.15) is 28.4 Å². The topological polar surface area (TPSA) is 42.0 Å². The van der Waals surface area contributed by atoms with E-state index in [1.807, 2.05) is 61.2 Å². The SMILES string of the molecule is CCOc1ccc(C(=O)N2CCN(c3ccc(F)cc3)CC2)cc1COc1ccc(C)cc1. The maximum atomic E-state index is 13.2. The molecule has 0 bridgehead atoms. The Morgan fingerprint density at radius 1 is 0.909 bits per heavy atom. The van der Waals surface area contributed by atoms with Gasteiger partial charge in [-0.15, -0.1) is 0 Å². The number of anilines is 1. The summed E-state index contributed by atoms with van der Waals surface area (Å²) in [7, 11) is 0. The van der Waals surface area contributed by atoms with Crippen LogP contribution in [0, 0.1) is 12.7 Å². The van der Waals surface area contributed by atoms with Gasteiger partial charge in [-0.3, -0.25) is 4.79 Å². The minimum absolute atomic E-state index is 0.00612. The summed E-state index contributed by atoms with van der Waals surface area (Å²) >= 11 is 0. The fourth-order valence-electron chi connectivity index (χ4n) is 3.92. The van der Waals surface area contributed by atoms with Crippen LogP contribution in [0.25, 0.3) is 0 Å². The summed E-state index contributed by atoms with van der Waals surface area (Å²) in [6, 6.07) is 19.9. The Balaban J connectivity index is 1.43. The van der Waals surface area contributed by atoms with Gasteiger partial charge in [0.2, 0.25) is 0 Å². The molecule has 1 saturated heterocycles. The van der Waals surface area contributed by atoms with E-state index < -0.39 is 0 Å². The number of halogens is 1. The van der Waals surface area contributed by atoms with Crippen molar-refractivity contribution in [3.8, 4) is 11.5 Å². The van der Waals surface area contributed by atoms with Crippen molar-refractivity contribution in [3.05, 3.63) is 89.2 Å². The molecule has 0 aliphatic carbocycles. The van der Waals surface area contributed by atoms with E-state index in [1.54, 1.807) is 12.1 Å². The molecule has 1 heterocycles. The van der Waals surface area contributed by atoms with Crippen LogP contribution in [0.4, 0.5) is 10.1 Å². The number of nitrogens with zero attached hydrogens (tertiary/aromatic N) is 2. The molecule has 33 heavy (non-hydrogen) atoms. The lowest BCUT2D eigenvalue weighted by atomic mass is 10.1. The van der Waals surface area contributed by atoms with Crippen LogP contribution in [-0.2, 0) is 6.61 Å². The van der Waals surface area contributed by atoms with Crippen LogP contribution in [0.5, 0.6) is 11.5 Å². The lowest BCUT2D eigenvalue weighted by Crippen LogP contribution is -2.48. The van der Waals surface area contributed by atoms with Crippen LogP contribution >= 0.6 is 0 Å². The Labute approximate surface area is 194 Å². The molecule has 1 aliphatic heterocycles. The number of aryl methyl sites for hydroxylation is 1. The zero-order valence-corrected chi connectivity index (χ0v) is 19.1. The average Bonchev–Trinajstić information content (AvgIpc) is 2.85. The molecular formula is C27H29FN2O3. The molecule has 0 atom stereocenters. The molecule has 1 amide bonds. The Morgan fingerprint density at radius 3 is 2.27 bits per heavy atom. The van der Waals surface area contributed by atoms with E-state index >= 15 is 0 Å². The molecule has 5 nitrogen and oxygen atoms in total. The molecule has 6 heteroatoms. The maximum absolute atomic E-state index is 13.2. The number of ether oxygens (including phenoxy) is 2. The third kappa shape index (κ3) is 5.64. The minimum Gasteiger partial charge on any atom is -0.493 e. The number of carbonyl (C=O) groups excluding carboxylic acids is 1. The number of benzene rings is 3. The Hall–Kier alpha value is -3.54. The van der Waals surface area contributed by atoms with Gasteiger partial charge in [0.15, 0.2) is 0 Å². The molecule has 1 aliphatic rings. The number of hydrogen-bond acceptors (Lipinski definition) is 4. The highest BCUT2D eigenvalue weighted by Crippen LogP contribution is 2.24. The minimum atomic E-state index is -0.245. The summed E-state index contributed by atoms with van der Waals surface area (Å²) in [4.78, 5) is 17.2. The molecule has 4 rings (SSSR count). The summed E-state index contributed by atoms with van der Waals surface area (Å²) in [6.07, 6.45) is 0. The molecule has 0 saturated carbocycles. The highest BCUT2D eigenvalue weighted by Gasteiger charge is 2.23. The molecule has 0 aromatic heterocycles. The fourth-order valence-corrected chi connectivity index (χ4v) is 3.92. The van der Waals surface area contributed by atoms with Gasteiger partial charge in [0.1, 0.15) is 23.9 Å². The Kier molecular flexibility index (Phi) is 7.13. The predicted molar refractivity (Wildman–Crippen MR) is 128 cm³/mol. The molecular weight excluding hydrogens is 419 g/mol. The largest absolute Gasteiger partial charge is 0.493 e. The van der Waals surface area contributed by atoms with E-state index in [9.17, 15) is 9.18 Å². The van der Waals surface area contributed by atoms with Gasteiger partial charge in [-0.1, -0.05) is 17.7 Å². The first-order chi connectivity index (χ1) is 16.0. The standard InChI is InChI=1S/C27H29FN2O3/c1-3-32-26-13-6-21(18-22(26)19-33-25-11-4-20(2)5-12-25)27(31)30-16-14-29(15-17-30)24-9-7-23(28)8-10-24/h4-13,18H,3,14-17,19H2,1-2H3. The van der Waals surface area contributed by atoms with E-state index in [2.05, 4.69) is 4.90 Å². The molecule has 1 fully saturated rings. The fraction of sp³-hybridized carbons (Fsp3) is 0.296. The van der Waals surface area contributed by atoms with Gasteiger partial charge in [-0.2, -0.15) is 0 Å². The molecule has 0 radical (unpaired) electrons. The molecule has 0 spiro atoms. The van der Waals surface area contributed by atoms with Crippen molar-refractivity contribution < 1.29 is 18.7 Å². The van der Waals surface area contributed by atoms with E-state index in [-0.39, 0.29) is 11.7 Å². The summed E-state index contributed by atoms with van der Waals surface area (Å²) in [5, 5.41) is 0. The van der Waals surface area contributed by atoms with Gasteiger partial charge in [-0.05, 0) is 68.4 Å². The number of rotatable bonds is 7. The van der Waals surface area contributed by atoms with Crippen LogP contribution in [-0.4, -0.2) is 43.6 Å². The first kappa shape index (κ1) is 22.6. The van der Waals surface area contributed by atoms with Crippen molar-refractivity contribution >= 4 is 11.6 Å². The monoisotopic (exact) mass is 448 g/mol. The highest BCUT2D eigenvalue weighted by atomic mass is 19.1. The zero-order chi connectivity index (χ0) is 23.2. The van der Waals surface area contributed by atoms with Crippen molar-refractivity contribution in [2.75, 3.05) is 37.7 Å². The molecule has 0 N–H and O–H groups in total. The van der Waals surface area contributed by atoms with Crippen LogP contribution in [0.2, 0.25) is 0 Å². The average molecular weight is 449 g/mol. The van der Waals surface area contributed by atoms with E-state index in [0.717, 1.165) is 22.7 Å². The molecule has 3 aromatic rings. The lowest BCUT2D eigenvalue weighted by molar-refractivity contribution is 0.0746. The van der Waals surface area contributed by atoms with Crippen LogP contribution in [0.3, 0.4) is 0 Å². The van der Waals surface area contributed by atoms with Crippen molar-refractivity contribution in [2.45, 2.75) is 20.5 Å². The third-order valence-electron chi connectivity index (χ3n) is 5.78. The maximum Gasteiger partial charge on any atom is 0.253 e.